The summed E-state index contributed by atoms with van der Waals surface area (Å²) in [4.78, 5) is 24.9. The van der Waals surface area contributed by atoms with Crippen molar-refractivity contribution >= 4 is 38.4 Å². The van der Waals surface area contributed by atoms with Crippen LogP contribution in [0.1, 0.15) is 21.5 Å². The minimum Gasteiger partial charge on any atom is -0.489 e. The molecule has 7 nitrogen and oxygen atoms in total. The Balaban J connectivity index is 1.25. The van der Waals surface area contributed by atoms with Gasteiger partial charge >= 0.3 is 5.63 Å². The van der Waals surface area contributed by atoms with E-state index in [0.29, 0.717) is 28.3 Å². The molecule has 0 aliphatic carbocycles. The molecule has 0 radical (unpaired) electrons. The molecule has 0 fully saturated rings. The molecule has 5 aromatic rings. The van der Waals surface area contributed by atoms with E-state index in [1.165, 1.54) is 17.4 Å². The van der Waals surface area contributed by atoms with Crippen LogP contribution in [0, 0.1) is 6.92 Å². The standard InChI is InChI=1S/C26H21N3O4S/c1-16-13-24(30)33-22-14-19(11-12-20(16)22)32-15-17-7-9-18(10-8-17)25(31)27-28-26-29(2)21-5-3-4-6-23(21)34-26/h3-14H,15H2,1-2H3,(H,27,31)/b28-26+. The van der Waals surface area contributed by atoms with Gasteiger partial charge in [-0.3, -0.25) is 4.79 Å². The molecule has 0 bridgehead atoms. The molecule has 0 unspecified atom stereocenters. The van der Waals surface area contributed by atoms with Crippen molar-refractivity contribution in [3.8, 4) is 5.75 Å². The van der Waals surface area contributed by atoms with Crippen LogP contribution in [-0.4, -0.2) is 10.5 Å². The minimum atomic E-state index is -0.385. The number of thiazole rings is 1. The summed E-state index contributed by atoms with van der Waals surface area (Å²) in [5, 5.41) is 5.15. The van der Waals surface area contributed by atoms with E-state index in [1.54, 1.807) is 18.2 Å². The Bertz CT molecular complexity index is 1650. The second-order valence-electron chi connectivity index (χ2n) is 7.86. The lowest BCUT2D eigenvalue weighted by molar-refractivity contribution is 0.0953. The molecule has 3 aromatic carbocycles. The number of hydrogen-bond donors (Lipinski definition) is 1. The molecule has 0 spiro atoms. The van der Waals surface area contributed by atoms with Gasteiger partial charge in [0, 0.05) is 30.1 Å². The monoisotopic (exact) mass is 471 g/mol. The van der Waals surface area contributed by atoms with E-state index in [4.69, 9.17) is 9.15 Å². The Morgan fingerprint density at radius 3 is 2.68 bits per heavy atom. The molecule has 0 saturated carbocycles. The van der Waals surface area contributed by atoms with E-state index < -0.39 is 0 Å². The summed E-state index contributed by atoms with van der Waals surface area (Å²) in [7, 11) is 1.92. The van der Waals surface area contributed by atoms with Crippen molar-refractivity contribution in [2.75, 3.05) is 0 Å². The van der Waals surface area contributed by atoms with Gasteiger partial charge in [0.05, 0.1) is 10.2 Å². The Hall–Kier alpha value is -4.17. The second-order valence-corrected chi connectivity index (χ2v) is 8.87. The molecule has 170 valence electrons. The summed E-state index contributed by atoms with van der Waals surface area (Å²) >= 11 is 1.51. The first kappa shape index (κ1) is 21.7. The van der Waals surface area contributed by atoms with E-state index in [1.807, 2.05) is 67.1 Å². The molecular weight excluding hydrogens is 450 g/mol. The molecule has 0 saturated heterocycles. The molecule has 8 heteroatoms. The highest BCUT2D eigenvalue weighted by atomic mass is 32.1. The second kappa shape index (κ2) is 8.99. The van der Waals surface area contributed by atoms with Gasteiger partial charge in [0.25, 0.3) is 5.91 Å². The highest BCUT2D eigenvalue weighted by Crippen LogP contribution is 2.23. The number of amides is 1. The van der Waals surface area contributed by atoms with Crippen LogP contribution in [0.25, 0.3) is 21.2 Å². The SMILES string of the molecule is Cc1cc(=O)oc2cc(OCc3ccc(C(=O)N/N=c4/sc5ccccc5n4C)cc3)ccc12. The third-order valence-electron chi connectivity index (χ3n) is 5.51. The summed E-state index contributed by atoms with van der Waals surface area (Å²) < 4.78 is 14.2. The zero-order valence-electron chi connectivity index (χ0n) is 18.6. The topological polar surface area (TPSA) is 85.8 Å². The van der Waals surface area contributed by atoms with E-state index >= 15 is 0 Å². The van der Waals surface area contributed by atoms with E-state index in [9.17, 15) is 9.59 Å². The van der Waals surface area contributed by atoms with Crippen molar-refractivity contribution < 1.29 is 13.9 Å². The maximum absolute atomic E-state index is 12.5. The van der Waals surface area contributed by atoms with Crippen molar-refractivity contribution in [2.24, 2.45) is 12.1 Å². The average Bonchev–Trinajstić information content (AvgIpc) is 3.16. The largest absolute Gasteiger partial charge is 0.489 e. The predicted octanol–water partition coefficient (Wildman–Crippen LogP) is 4.48. The Morgan fingerprint density at radius 1 is 1.09 bits per heavy atom. The van der Waals surface area contributed by atoms with Crippen LogP contribution in [0.3, 0.4) is 0 Å². The van der Waals surface area contributed by atoms with Gasteiger partial charge in [-0.2, -0.15) is 0 Å². The number of nitrogens with zero attached hydrogens (tertiary/aromatic N) is 2. The van der Waals surface area contributed by atoms with E-state index in [0.717, 1.165) is 26.7 Å². The van der Waals surface area contributed by atoms with Crippen LogP contribution >= 0.6 is 11.3 Å². The lowest BCUT2D eigenvalue weighted by Crippen LogP contribution is -2.23. The number of nitrogens with one attached hydrogen (secondary N) is 1. The summed E-state index contributed by atoms with van der Waals surface area (Å²) in [5.41, 5.74) is 6.06. The van der Waals surface area contributed by atoms with Crippen LogP contribution in [0.2, 0.25) is 0 Å². The van der Waals surface area contributed by atoms with Crippen molar-refractivity contribution in [2.45, 2.75) is 13.5 Å². The van der Waals surface area contributed by atoms with Gasteiger partial charge in [0.15, 0.2) is 0 Å². The molecule has 5 rings (SSSR count). The minimum absolute atomic E-state index is 0.287. The molecule has 0 aliphatic rings. The van der Waals surface area contributed by atoms with Gasteiger partial charge in [0.1, 0.15) is 17.9 Å². The first-order chi connectivity index (χ1) is 16.5. The van der Waals surface area contributed by atoms with Crippen LogP contribution in [0.5, 0.6) is 5.75 Å². The van der Waals surface area contributed by atoms with Crippen LogP contribution in [0.15, 0.2) is 87.1 Å². The molecule has 34 heavy (non-hydrogen) atoms. The maximum atomic E-state index is 12.5. The average molecular weight is 472 g/mol. The third kappa shape index (κ3) is 4.35. The van der Waals surface area contributed by atoms with Gasteiger partial charge in [-0.1, -0.05) is 35.6 Å². The summed E-state index contributed by atoms with van der Waals surface area (Å²) in [6.45, 7) is 2.18. The molecule has 1 amide bonds. The smallest absolute Gasteiger partial charge is 0.336 e. The number of para-hydroxylation sites is 1. The zero-order valence-corrected chi connectivity index (χ0v) is 19.4. The Kier molecular flexibility index (Phi) is 5.73. The fraction of sp³-hybridized carbons (Fsp3) is 0.115. The number of hydrogen-bond acceptors (Lipinski definition) is 6. The number of carbonyl (C=O) groups excluding carboxylic acids is 1. The molecule has 0 atom stereocenters. The van der Waals surface area contributed by atoms with Crippen LogP contribution in [-0.2, 0) is 13.7 Å². The van der Waals surface area contributed by atoms with E-state index in [2.05, 4.69) is 10.5 Å². The molecule has 0 aliphatic heterocycles. The number of fused-ring (bicyclic) bond motifs is 2. The number of carbonyl (C=O) groups is 1. The van der Waals surface area contributed by atoms with Crippen LogP contribution in [0.4, 0.5) is 0 Å². The van der Waals surface area contributed by atoms with Crippen molar-refractivity contribution in [1.29, 1.82) is 0 Å². The van der Waals surface area contributed by atoms with Gasteiger partial charge < -0.3 is 13.7 Å². The third-order valence-corrected chi connectivity index (χ3v) is 6.63. The summed E-state index contributed by atoms with van der Waals surface area (Å²) in [6.07, 6.45) is 0. The Morgan fingerprint density at radius 2 is 1.88 bits per heavy atom. The molecule has 1 N–H and O–H groups in total. The van der Waals surface area contributed by atoms with Gasteiger partial charge in [0.2, 0.25) is 4.80 Å². The van der Waals surface area contributed by atoms with Crippen molar-refractivity contribution in [3.63, 3.8) is 0 Å². The highest BCUT2D eigenvalue weighted by molar-refractivity contribution is 7.16. The lowest BCUT2D eigenvalue weighted by atomic mass is 10.1. The summed E-state index contributed by atoms with van der Waals surface area (Å²) in [5.74, 6) is 0.308. The van der Waals surface area contributed by atoms with E-state index in [-0.39, 0.29) is 11.5 Å². The fourth-order valence-electron chi connectivity index (χ4n) is 3.67. The number of benzene rings is 3. The fourth-order valence-corrected chi connectivity index (χ4v) is 4.64. The quantitative estimate of drug-likeness (QED) is 0.303. The van der Waals surface area contributed by atoms with Crippen molar-refractivity contribution in [1.82, 2.24) is 9.99 Å². The molecule has 2 aromatic heterocycles. The highest BCUT2D eigenvalue weighted by Gasteiger charge is 2.08. The lowest BCUT2D eigenvalue weighted by Gasteiger charge is -2.08. The maximum Gasteiger partial charge on any atom is 0.336 e. The summed E-state index contributed by atoms with van der Waals surface area (Å²) in [6, 6.07) is 22.0. The first-order valence-electron chi connectivity index (χ1n) is 10.6. The molecule has 2 heterocycles. The normalized spacial score (nSPS) is 11.8. The van der Waals surface area contributed by atoms with Gasteiger partial charge in [-0.15, -0.1) is 5.10 Å². The number of rotatable bonds is 5. The first-order valence-corrected chi connectivity index (χ1v) is 11.4. The molecular formula is C26H21N3O4S. The van der Waals surface area contributed by atoms with Crippen molar-refractivity contribution in [3.05, 3.63) is 105 Å². The Labute approximate surface area is 198 Å². The van der Waals surface area contributed by atoms with Crippen LogP contribution < -0.4 is 20.6 Å². The van der Waals surface area contributed by atoms with Gasteiger partial charge in [-0.05, 0) is 54.4 Å². The van der Waals surface area contributed by atoms with Gasteiger partial charge in [-0.25, -0.2) is 10.2 Å². The number of aromatic nitrogens is 1. The predicted molar refractivity (Wildman–Crippen MR) is 132 cm³/mol. The number of aryl methyl sites for hydroxylation is 2. The zero-order chi connectivity index (χ0) is 23.7. The number of ether oxygens (including phenoxy) is 1.